The summed E-state index contributed by atoms with van der Waals surface area (Å²) in [7, 11) is 1.54. The maximum atomic E-state index is 12.0. The minimum Gasteiger partial charge on any atom is -0.481 e. The molecule has 0 aromatic carbocycles. The van der Waals surface area contributed by atoms with E-state index in [9.17, 15) is 9.90 Å². The summed E-state index contributed by atoms with van der Waals surface area (Å²) in [5, 5.41) is 10.5. The highest BCUT2D eigenvalue weighted by Gasteiger charge is 2.27. The van der Waals surface area contributed by atoms with E-state index in [-0.39, 0.29) is 11.1 Å². The molecule has 4 rings (SSSR count). The molecule has 1 aliphatic rings. The monoisotopic (exact) mass is 406 g/mol. The number of carbonyl (C=O) groups is 1. The van der Waals surface area contributed by atoms with Crippen molar-refractivity contribution in [1.82, 2.24) is 19.9 Å². The van der Waals surface area contributed by atoms with Gasteiger partial charge in [0.05, 0.1) is 18.3 Å². The van der Waals surface area contributed by atoms with Crippen LogP contribution in [0.5, 0.6) is 5.88 Å². The molecule has 0 saturated heterocycles. The number of hydrogen-bond donors (Lipinski definition) is 2. The van der Waals surface area contributed by atoms with Crippen LogP contribution in [0.1, 0.15) is 11.3 Å². The van der Waals surface area contributed by atoms with Gasteiger partial charge in [-0.3, -0.25) is 4.79 Å². The quantitative estimate of drug-likeness (QED) is 0.652. The van der Waals surface area contributed by atoms with Crippen molar-refractivity contribution in [3.63, 3.8) is 0 Å². The predicted octanol–water partition coefficient (Wildman–Crippen LogP) is 2.82. The van der Waals surface area contributed by atoms with E-state index in [0.29, 0.717) is 41.6 Å². The van der Waals surface area contributed by atoms with E-state index in [4.69, 9.17) is 27.9 Å². The van der Waals surface area contributed by atoms with Crippen molar-refractivity contribution in [2.75, 3.05) is 20.3 Å². The third kappa shape index (κ3) is 3.01. The molecule has 7 nitrogen and oxygen atoms in total. The third-order valence-corrected chi connectivity index (χ3v) is 5.46. The number of aromatic nitrogens is 3. The lowest BCUT2D eigenvalue weighted by molar-refractivity contribution is -0.135. The molecular weight excluding hydrogens is 391 g/mol. The molecule has 3 aromatic rings. The van der Waals surface area contributed by atoms with E-state index in [1.807, 2.05) is 6.07 Å². The highest BCUT2D eigenvalue weighted by atomic mass is 35.5. The molecule has 0 aliphatic carbocycles. The van der Waals surface area contributed by atoms with E-state index in [1.54, 1.807) is 24.3 Å². The van der Waals surface area contributed by atoms with Crippen LogP contribution in [0.25, 0.3) is 22.2 Å². The number of carbonyl (C=O) groups excluding carboxylic acids is 1. The van der Waals surface area contributed by atoms with Gasteiger partial charge in [0.25, 0.3) is 0 Å². The summed E-state index contributed by atoms with van der Waals surface area (Å²) in [6.45, 7) is 0.372. The van der Waals surface area contributed by atoms with Crippen molar-refractivity contribution in [3.05, 3.63) is 39.8 Å². The number of pyridine rings is 2. The standard InChI is InChI=1S/C18H16Cl2N4O3/c1-27-12-6-9(2-4-21-12)16-14-10-7-24(13(26)8-25)5-3-11(10)22-17(14)15(19)18(20)23-16/h2,4,6,22,25H,3,5,7-8H2,1H3. The summed E-state index contributed by atoms with van der Waals surface area (Å²) < 4.78 is 5.21. The van der Waals surface area contributed by atoms with Crippen molar-refractivity contribution < 1.29 is 14.6 Å². The zero-order valence-corrected chi connectivity index (χ0v) is 15.9. The first-order valence-corrected chi connectivity index (χ1v) is 9.06. The molecule has 1 amide bonds. The molecule has 4 heterocycles. The molecule has 0 radical (unpaired) electrons. The topological polar surface area (TPSA) is 91.3 Å². The number of H-pyrrole nitrogens is 1. The van der Waals surface area contributed by atoms with Gasteiger partial charge in [0.1, 0.15) is 11.6 Å². The Kier molecular flexibility index (Phi) is 4.67. The lowest BCUT2D eigenvalue weighted by atomic mass is 10.0. The van der Waals surface area contributed by atoms with Gasteiger partial charge in [0.15, 0.2) is 5.15 Å². The Morgan fingerprint density at radius 1 is 1.44 bits per heavy atom. The number of aromatic amines is 1. The van der Waals surface area contributed by atoms with E-state index in [2.05, 4.69) is 15.0 Å². The first-order chi connectivity index (χ1) is 13.0. The van der Waals surface area contributed by atoms with Crippen LogP contribution in [-0.4, -0.2) is 51.1 Å². The zero-order valence-electron chi connectivity index (χ0n) is 14.4. The number of aliphatic hydroxyl groups excluding tert-OH is 1. The molecule has 0 saturated carbocycles. The molecule has 0 spiro atoms. The summed E-state index contributed by atoms with van der Waals surface area (Å²) in [6.07, 6.45) is 2.26. The number of fused-ring (bicyclic) bond motifs is 3. The van der Waals surface area contributed by atoms with Crippen molar-refractivity contribution in [2.45, 2.75) is 13.0 Å². The fourth-order valence-corrected chi connectivity index (χ4v) is 3.78. The average molecular weight is 407 g/mol. The molecule has 0 atom stereocenters. The number of rotatable bonds is 3. The van der Waals surface area contributed by atoms with Gasteiger partial charge in [-0.25, -0.2) is 9.97 Å². The summed E-state index contributed by atoms with van der Waals surface area (Å²) in [4.78, 5) is 25.6. The Balaban J connectivity index is 1.96. The highest BCUT2D eigenvalue weighted by molar-refractivity contribution is 6.44. The van der Waals surface area contributed by atoms with Gasteiger partial charge in [-0.1, -0.05) is 23.2 Å². The fourth-order valence-electron chi connectivity index (χ4n) is 3.42. The van der Waals surface area contributed by atoms with Gasteiger partial charge in [-0.2, -0.15) is 0 Å². The van der Waals surface area contributed by atoms with Crippen LogP contribution in [0, 0.1) is 0 Å². The van der Waals surface area contributed by atoms with Crippen LogP contribution in [0.2, 0.25) is 10.2 Å². The van der Waals surface area contributed by atoms with Crippen LogP contribution in [-0.2, 0) is 17.8 Å². The minimum absolute atomic E-state index is 0.192. The van der Waals surface area contributed by atoms with E-state index in [0.717, 1.165) is 22.2 Å². The average Bonchev–Trinajstić information content (AvgIpc) is 3.09. The Hall–Kier alpha value is -2.35. The zero-order chi connectivity index (χ0) is 19.1. The van der Waals surface area contributed by atoms with Crippen LogP contribution in [0.15, 0.2) is 18.3 Å². The number of halogens is 2. The second kappa shape index (κ2) is 6.99. The minimum atomic E-state index is -0.517. The molecule has 0 unspecified atom stereocenters. The van der Waals surface area contributed by atoms with Crippen LogP contribution < -0.4 is 4.74 Å². The Morgan fingerprint density at radius 2 is 2.26 bits per heavy atom. The Morgan fingerprint density at radius 3 is 3.00 bits per heavy atom. The summed E-state index contributed by atoms with van der Waals surface area (Å²) in [5.41, 5.74) is 4.01. The van der Waals surface area contributed by atoms with Crippen molar-refractivity contribution in [1.29, 1.82) is 0 Å². The molecular formula is C18H16Cl2N4O3. The lowest BCUT2D eigenvalue weighted by Crippen LogP contribution is -2.37. The molecule has 1 aliphatic heterocycles. The normalized spacial score (nSPS) is 13.7. The van der Waals surface area contributed by atoms with E-state index < -0.39 is 6.61 Å². The van der Waals surface area contributed by atoms with Gasteiger partial charge in [0, 0.05) is 54.0 Å². The molecule has 140 valence electrons. The number of ether oxygens (including phenoxy) is 1. The smallest absolute Gasteiger partial charge is 0.248 e. The first kappa shape index (κ1) is 18.0. The first-order valence-electron chi connectivity index (χ1n) is 8.31. The highest BCUT2D eigenvalue weighted by Crippen LogP contribution is 2.40. The molecule has 3 aromatic heterocycles. The second-order valence-corrected chi connectivity index (χ2v) is 6.94. The van der Waals surface area contributed by atoms with E-state index in [1.165, 1.54) is 0 Å². The number of hydrogen-bond acceptors (Lipinski definition) is 5. The SMILES string of the molecule is COc1cc(-c2nc(Cl)c(Cl)c3[nH]c4c(c23)CN(C(=O)CO)CC4)ccn1. The summed E-state index contributed by atoms with van der Waals surface area (Å²) in [6, 6.07) is 3.58. The van der Waals surface area contributed by atoms with Crippen molar-refractivity contribution >= 4 is 40.0 Å². The largest absolute Gasteiger partial charge is 0.481 e. The van der Waals surface area contributed by atoms with Gasteiger partial charge >= 0.3 is 0 Å². The fraction of sp³-hybridized carbons (Fsp3) is 0.278. The molecule has 27 heavy (non-hydrogen) atoms. The molecule has 2 N–H and O–H groups in total. The predicted molar refractivity (Wildman–Crippen MR) is 102 cm³/mol. The third-order valence-electron chi connectivity index (χ3n) is 4.73. The molecule has 0 fully saturated rings. The van der Waals surface area contributed by atoms with Gasteiger partial charge in [0.2, 0.25) is 11.8 Å². The van der Waals surface area contributed by atoms with Crippen LogP contribution in [0.3, 0.4) is 0 Å². The van der Waals surface area contributed by atoms with Crippen LogP contribution >= 0.6 is 23.2 Å². The van der Waals surface area contributed by atoms with Crippen molar-refractivity contribution in [2.24, 2.45) is 0 Å². The molecule has 0 bridgehead atoms. The van der Waals surface area contributed by atoms with Gasteiger partial charge < -0.3 is 19.7 Å². The Bertz CT molecular complexity index is 1050. The second-order valence-electron chi connectivity index (χ2n) is 6.21. The number of nitrogens with one attached hydrogen (secondary N) is 1. The number of amides is 1. The van der Waals surface area contributed by atoms with Gasteiger partial charge in [-0.15, -0.1) is 0 Å². The van der Waals surface area contributed by atoms with Gasteiger partial charge in [-0.05, 0) is 6.07 Å². The lowest BCUT2D eigenvalue weighted by Gasteiger charge is -2.26. The van der Waals surface area contributed by atoms with Crippen molar-refractivity contribution in [3.8, 4) is 17.1 Å². The molecule has 9 heteroatoms. The van der Waals surface area contributed by atoms with E-state index >= 15 is 0 Å². The maximum Gasteiger partial charge on any atom is 0.248 e. The van der Waals surface area contributed by atoms with Crippen LogP contribution in [0.4, 0.5) is 0 Å². The number of nitrogens with zero attached hydrogens (tertiary/aromatic N) is 3. The number of methoxy groups -OCH3 is 1. The number of aliphatic hydroxyl groups is 1. The summed E-state index contributed by atoms with van der Waals surface area (Å²) in [5.74, 6) is 0.144. The summed E-state index contributed by atoms with van der Waals surface area (Å²) >= 11 is 12.7. The maximum absolute atomic E-state index is 12.0. The Labute approximate surface area is 164 Å².